The molecule has 2 aromatic carbocycles. The lowest BCUT2D eigenvalue weighted by Gasteiger charge is -2.56. The van der Waals surface area contributed by atoms with Gasteiger partial charge in [-0.3, -0.25) is 14.5 Å². The molecule has 3 heterocycles. The van der Waals surface area contributed by atoms with E-state index in [0.29, 0.717) is 0 Å². The molecule has 7 atom stereocenters. The summed E-state index contributed by atoms with van der Waals surface area (Å²) in [6.07, 6.45) is 10.7. The van der Waals surface area contributed by atoms with Crippen molar-refractivity contribution in [2.24, 2.45) is 17.3 Å². The Kier molecular flexibility index (Phi) is 5.92. The number of fused-ring (bicyclic) bond motifs is 5. The first kappa shape index (κ1) is 24.4. The molecule has 2 aliphatic carbocycles. The molecule has 1 N–H and O–H groups in total. The summed E-state index contributed by atoms with van der Waals surface area (Å²) in [6, 6.07) is 20.5. The minimum Gasteiger partial charge on any atom is -0.454 e. The lowest BCUT2D eigenvalue weighted by atomic mass is 9.53. The summed E-state index contributed by atoms with van der Waals surface area (Å²) >= 11 is 0. The lowest BCUT2D eigenvalue weighted by molar-refractivity contribution is -0.185. The molecule has 4 unspecified atom stereocenters. The highest BCUT2D eigenvalue weighted by atomic mass is 16.6. The quantitative estimate of drug-likeness (QED) is 0.493. The van der Waals surface area contributed by atoms with Crippen molar-refractivity contribution < 1.29 is 14.3 Å². The Morgan fingerprint density at radius 1 is 0.789 bits per heavy atom. The minimum atomic E-state index is -0.565. The maximum absolute atomic E-state index is 14.5. The van der Waals surface area contributed by atoms with Crippen LogP contribution in [0.25, 0.3) is 0 Å². The Morgan fingerprint density at radius 3 is 2.13 bits per heavy atom. The van der Waals surface area contributed by atoms with E-state index in [1.807, 2.05) is 18.2 Å². The lowest BCUT2D eigenvalue weighted by Crippen LogP contribution is -2.63. The van der Waals surface area contributed by atoms with E-state index in [4.69, 9.17) is 4.74 Å². The first-order valence-corrected chi connectivity index (χ1v) is 15.0. The maximum atomic E-state index is 14.5. The van der Waals surface area contributed by atoms with E-state index >= 15 is 0 Å². The molecule has 3 saturated heterocycles. The zero-order chi connectivity index (χ0) is 25.9. The molecule has 0 radical (unpaired) electrons. The minimum absolute atomic E-state index is 0.0934. The number of rotatable bonds is 2. The molecule has 5 heteroatoms. The second-order valence-corrected chi connectivity index (χ2v) is 12.6. The number of amides is 1. The van der Waals surface area contributed by atoms with Crippen LogP contribution in [0.2, 0.25) is 0 Å². The van der Waals surface area contributed by atoms with Gasteiger partial charge in [-0.1, -0.05) is 106 Å². The zero-order valence-corrected chi connectivity index (χ0v) is 22.5. The number of benzene rings is 2. The molecule has 3 aliphatic heterocycles. The number of hydrogen-bond acceptors (Lipinski definition) is 4. The normalized spacial score (nSPS) is 38.3. The third-order valence-electron chi connectivity index (χ3n) is 11.1. The largest absolute Gasteiger partial charge is 0.454 e. The molecule has 5 fully saturated rings. The highest BCUT2D eigenvalue weighted by Crippen LogP contribution is 2.69. The highest BCUT2D eigenvalue weighted by molar-refractivity contribution is 5.91. The first-order valence-electron chi connectivity index (χ1n) is 15.0. The van der Waals surface area contributed by atoms with Gasteiger partial charge in [0.25, 0.3) is 0 Å². The van der Waals surface area contributed by atoms with Crippen LogP contribution in [-0.2, 0) is 14.3 Å². The number of nitrogens with one attached hydrogen (secondary N) is 1. The van der Waals surface area contributed by atoms with Crippen LogP contribution in [0.4, 0.5) is 0 Å². The second kappa shape index (κ2) is 9.22. The van der Waals surface area contributed by atoms with Crippen molar-refractivity contribution in [1.82, 2.24) is 10.2 Å². The molecule has 5 nitrogen and oxygen atoms in total. The number of nitrogens with zero attached hydrogens (tertiary/aromatic N) is 1. The van der Waals surface area contributed by atoms with Gasteiger partial charge in [-0.15, -0.1) is 0 Å². The van der Waals surface area contributed by atoms with Crippen molar-refractivity contribution in [2.45, 2.75) is 101 Å². The van der Waals surface area contributed by atoms with Crippen molar-refractivity contribution >= 4 is 11.9 Å². The number of morpholine rings is 1. The summed E-state index contributed by atoms with van der Waals surface area (Å²) in [5.74, 6) is 0.249. The van der Waals surface area contributed by atoms with Crippen molar-refractivity contribution in [2.75, 3.05) is 0 Å². The molecule has 2 spiro atoms. The van der Waals surface area contributed by atoms with Crippen molar-refractivity contribution in [3.8, 4) is 0 Å². The summed E-state index contributed by atoms with van der Waals surface area (Å²) in [6.45, 7) is 2.21. The van der Waals surface area contributed by atoms with Gasteiger partial charge < -0.3 is 10.1 Å². The molecule has 1 amide bonds. The van der Waals surface area contributed by atoms with Crippen molar-refractivity contribution in [1.29, 1.82) is 0 Å². The molecule has 7 rings (SSSR count). The van der Waals surface area contributed by atoms with Gasteiger partial charge in [-0.25, -0.2) is 0 Å². The van der Waals surface area contributed by atoms with E-state index in [2.05, 4.69) is 59.6 Å². The number of hydrogen-bond donors (Lipinski definition) is 1. The summed E-state index contributed by atoms with van der Waals surface area (Å²) in [5.41, 5.74) is 1.28. The van der Waals surface area contributed by atoms with E-state index in [0.717, 1.165) is 44.1 Å². The predicted molar refractivity (Wildman–Crippen MR) is 146 cm³/mol. The first-order chi connectivity index (χ1) is 18.6. The van der Waals surface area contributed by atoms with Gasteiger partial charge in [0, 0.05) is 11.6 Å². The third-order valence-corrected chi connectivity index (χ3v) is 11.1. The second-order valence-electron chi connectivity index (χ2n) is 12.6. The average molecular weight is 513 g/mol. The van der Waals surface area contributed by atoms with Gasteiger partial charge in [-0.2, -0.15) is 0 Å². The Hall–Kier alpha value is -2.66. The Bertz CT molecular complexity index is 1190. The number of carbonyl (C=O) groups is 2. The molecule has 2 saturated carbocycles. The molecule has 0 bridgehead atoms. The van der Waals surface area contributed by atoms with E-state index < -0.39 is 17.6 Å². The maximum Gasteiger partial charge on any atom is 0.324 e. The Balaban J connectivity index is 1.47. The molecule has 0 aromatic heterocycles. The van der Waals surface area contributed by atoms with Gasteiger partial charge in [0.1, 0.15) is 12.1 Å². The third kappa shape index (κ3) is 3.20. The van der Waals surface area contributed by atoms with E-state index in [1.54, 1.807) is 0 Å². The van der Waals surface area contributed by atoms with E-state index in [1.165, 1.54) is 31.2 Å². The topological polar surface area (TPSA) is 58.6 Å². The average Bonchev–Trinajstić information content (AvgIpc) is 3.21. The summed E-state index contributed by atoms with van der Waals surface area (Å²) in [7, 11) is 0. The summed E-state index contributed by atoms with van der Waals surface area (Å²) in [4.78, 5) is 31.2. The predicted octanol–water partition coefficient (Wildman–Crippen LogP) is 6.11. The van der Waals surface area contributed by atoms with Crippen LogP contribution in [0.15, 0.2) is 60.7 Å². The molecule has 200 valence electrons. The van der Waals surface area contributed by atoms with Crippen molar-refractivity contribution in [3.63, 3.8) is 0 Å². The molecule has 2 aromatic rings. The van der Waals surface area contributed by atoms with Gasteiger partial charge in [0.05, 0.1) is 11.5 Å². The van der Waals surface area contributed by atoms with Gasteiger partial charge in [-0.05, 0) is 48.6 Å². The monoisotopic (exact) mass is 512 g/mol. The Labute approximate surface area is 226 Å². The fraction of sp³-hybridized carbons (Fsp3) is 0.576. The number of esters is 1. The molecule has 5 aliphatic rings. The zero-order valence-electron chi connectivity index (χ0n) is 22.5. The number of ether oxygens (including phenoxy) is 1. The van der Waals surface area contributed by atoms with Crippen LogP contribution in [-0.4, -0.2) is 34.4 Å². The van der Waals surface area contributed by atoms with Gasteiger partial charge in [0.2, 0.25) is 5.91 Å². The van der Waals surface area contributed by atoms with Gasteiger partial charge in [0.15, 0.2) is 0 Å². The van der Waals surface area contributed by atoms with Crippen LogP contribution >= 0.6 is 0 Å². The Morgan fingerprint density at radius 2 is 1.42 bits per heavy atom. The van der Waals surface area contributed by atoms with Crippen LogP contribution in [0.5, 0.6) is 0 Å². The fourth-order valence-corrected chi connectivity index (χ4v) is 9.83. The highest BCUT2D eigenvalue weighted by Gasteiger charge is 2.78. The summed E-state index contributed by atoms with van der Waals surface area (Å²) < 4.78 is 6.44. The smallest absolute Gasteiger partial charge is 0.324 e. The van der Waals surface area contributed by atoms with Crippen LogP contribution in [0.1, 0.15) is 94.4 Å². The molecular formula is C33H40N2O3. The van der Waals surface area contributed by atoms with E-state index in [9.17, 15) is 9.59 Å². The molecular weight excluding hydrogens is 472 g/mol. The number of carbonyl (C=O) groups excluding carboxylic acids is 2. The van der Waals surface area contributed by atoms with Gasteiger partial charge >= 0.3 is 5.97 Å². The van der Waals surface area contributed by atoms with Crippen LogP contribution < -0.4 is 5.32 Å². The number of cyclic esters (lactones) is 1. The van der Waals surface area contributed by atoms with Crippen molar-refractivity contribution in [3.05, 3.63) is 71.8 Å². The van der Waals surface area contributed by atoms with Crippen LogP contribution in [0.3, 0.4) is 0 Å². The van der Waals surface area contributed by atoms with Crippen LogP contribution in [0, 0.1) is 17.3 Å². The van der Waals surface area contributed by atoms with E-state index in [-0.39, 0.29) is 41.3 Å². The standard InChI is InChI=1S/C33H40N2O3/c1-22-27-30(36)38-29(24-16-8-3-9-17-24)28(23-14-6-2-7-15-23)35(27)32(20-12-5-13-21-32)33(22)25-18-10-4-11-19-26(25)34-31(33)37/h2-3,6-9,14-17,22,25-29H,4-5,10-13,18-21H2,1H3,(H,34,37)/t22?,25?,26?,27?,28-,29+,33+/m1/s1. The fourth-order valence-electron chi connectivity index (χ4n) is 9.83. The molecule has 38 heavy (non-hydrogen) atoms. The SMILES string of the molecule is CC1C2C(=O)O[C@@H](c3ccccc3)[C@@H](c3ccccc3)N2C2(CCCCC2)[C@@]12C(=O)NC1CCCCCC12. The summed E-state index contributed by atoms with van der Waals surface area (Å²) in [5, 5.41) is 3.53.